The van der Waals surface area contributed by atoms with E-state index in [1.165, 1.54) is 170 Å². The molecule has 1 aliphatic heterocycles. The molecule has 10 aromatic heterocycles. The van der Waals surface area contributed by atoms with Crippen molar-refractivity contribution in [3.63, 3.8) is 0 Å². The van der Waals surface area contributed by atoms with Crippen LogP contribution in [0.15, 0.2) is 499 Å². The van der Waals surface area contributed by atoms with E-state index >= 15 is 0 Å². The minimum atomic E-state index is 0. The Kier molecular flexibility index (Phi) is 19.8. The predicted molar refractivity (Wildman–Crippen MR) is 589 cm³/mol. The summed E-state index contributed by atoms with van der Waals surface area (Å²) in [6.07, 6.45) is 2.04. The third-order valence-electron chi connectivity index (χ3n) is 29.0. The third-order valence-corrected chi connectivity index (χ3v) is 29.0. The van der Waals surface area contributed by atoms with Gasteiger partial charge in [-0.2, -0.15) is 4.57 Å². The summed E-state index contributed by atoms with van der Waals surface area (Å²) in [5.74, 6) is 0.994. The second-order valence-corrected chi connectivity index (χ2v) is 36.7. The Balaban J connectivity index is 0.000000100. The summed E-state index contributed by atoms with van der Waals surface area (Å²) < 4.78 is 40.9. The first-order valence-electron chi connectivity index (χ1n) is 48.0. The van der Waals surface area contributed by atoms with Crippen LogP contribution in [-0.2, 0) is 6.73 Å². The summed E-state index contributed by atoms with van der Waals surface area (Å²) in [5, 5.41) is 23.1. The van der Waals surface area contributed by atoms with Crippen molar-refractivity contribution in [3.05, 3.63) is 493 Å². The number of furan rings is 3. The minimum Gasteiger partial charge on any atom is -0.456 e. The van der Waals surface area contributed by atoms with Crippen molar-refractivity contribution in [2.45, 2.75) is 6.73 Å². The fourth-order valence-corrected chi connectivity index (χ4v) is 22.8. The Bertz CT molecular complexity index is 10500. The van der Waals surface area contributed by atoms with Gasteiger partial charge in [0.1, 0.15) is 33.5 Å². The van der Waals surface area contributed by atoms with Crippen molar-refractivity contribution in [2.75, 3.05) is 0 Å². The van der Waals surface area contributed by atoms with E-state index in [4.69, 9.17) is 18.0 Å². The molecule has 0 atom stereocenters. The zero-order valence-corrected chi connectivity index (χ0v) is 78.2. The smallest absolute Gasteiger partial charge is 0.456 e. The van der Waals surface area contributed by atoms with Gasteiger partial charge < -0.3 is 52.8 Å². The quantitative estimate of drug-likeness (QED) is 0.0862. The van der Waals surface area contributed by atoms with Gasteiger partial charge in [-0.05, 0) is 204 Å². The van der Waals surface area contributed by atoms with E-state index < -0.39 is 0 Å². The SMILES string of the molecule is [CH3-].[Li+].c1cc2c3c(c1)ccc[n+]3CO2.c1ccc(-c2ccc(-n3c4ccccc4c4ccc5c(c6ccccc6n5-c5ccc6c(c5)oc5ccccc56)c43)cc2)cc1.c1ccc(-n2c3ccccc3c3c2ccc2c4ccccc4n(-c4ccc5c(c4)oc4ccccc45)c23)cc1.c1ccc(-n2c3ccccc3c3cc(-c4ccc5c(c4)c4ccccc4n5-c4ccc5c(c4)oc4ccccc45)ccc32)cc1. The molecular formula is C131H85LiN7O4+. The maximum absolute atomic E-state index is 6.33. The van der Waals surface area contributed by atoms with Crippen molar-refractivity contribution >= 4 is 208 Å². The Labute approximate surface area is 831 Å². The van der Waals surface area contributed by atoms with Crippen LogP contribution in [0.3, 0.4) is 0 Å². The van der Waals surface area contributed by atoms with Crippen molar-refractivity contribution in [1.82, 2.24) is 27.4 Å². The van der Waals surface area contributed by atoms with Crippen LogP contribution < -0.4 is 28.2 Å². The number of benzene rings is 21. The molecule has 0 amide bonds. The number of fused-ring (bicyclic) bond motifs is 29. The molecule has 0 spiro atoms. The average molecular weight is 1830 g/mol. The van der Waals surface area contributed by atoms with Gasteiger partial charge in [0.05, 0.1) is 71.6 Å². The normalized spacial score (nSPS) is 12.0. The standard InChI is InChI=1S/2C42H26N2O.C36H22N2O.C10H8NO.CH3.Li/c1-2-10-27(11-3-1)28-18-20-29(21-19-28)44-36-15-7-4-12-31(36)34-24-25-38-41(42(34)44)35-14-5-8-16-37(35)43(38)30-22-23-33-32-13-6-9-17-39(32)45-40(33)26-30;1-2-10-29(11-3-1)43-37-15-7-4-12-31(37)35-24-27(18-22-39(35)43)28-19-23-40-36(25-28)32-13-5-8-16-38(32)44(40)30-20-21-34-33-14-6-9-17-41(33)45-42(34)26-30;1-2-10-23(11-3-1)37-31-16-8-5-14-29(31)35-32(37)21-20-28-25-12-4-7-15-30(25)38(36(28)35)24-18-19-27-26-13-6-9-17-33(26)39-34(27)22-24;1-3-8-4-2-6-11-7-12-9(5-1)10(8)11;;/h2*1-26H;1-22H;1-6H,7H2;1H3;/q;;;+1;-1;+1. The number of rotatable bonds is 8. The summed E-state index contributed by atoms with van der Waals surface area (Å²) in [6.45, 7) is 0.649. The van der Waals surface area contributed by atoms with Gasteiger partial charge in [0, 0.05) is 155 Å². The van der Waals surface area contributed by atoms with Gasteiger partial charge in [-0.15, -0.1) is 0 Å². The summed E-state index contributed by atoms with van der Waals surface area (Å²) in [6, 6.07) is 171. The number of hydrogen-bond donors (Lipinski definition) is 0. The summed E-state index contributed by atoms with van der Waals surface area (Å²) in [4.78, 5) is 0. The van der Waals surface area contributed by atoms with Crippen molar-refractivity contribution < 1.29 is 41.4 Å². The molecule has 31 aromatic rings. The molecule has 0 fully saturated rings. The van der Waals surface area contributed by atoms with E-state index in [9.17, 15) is 0 Å². The summed E-state index contributed by atoms with van der Waals surface area (Å²) >= 11 is 0. The first-order valence-corrected chi connectivity index (χ1v) is 48.0. The molecule has 0 unspecified atom stereocenters. The topological polar surface area (TPSA) is 82.1 Å². The van der Waals surface area contributed by atoms with E-state index in [2.05, 4.69) is 457 Å². The first-order chi connectivity index (χ1) is 70.0. The fourth-order valence-electron chi connectivity index (χ4n) is 22.8. The van der Waals surface area contributed by atoms with Crippen molar-refractivity contribution in [3.8, 4) is 62.1 Å². The van der Waals surface area contributed by atoms with E-state index in [0.717, 1.165) is 100 Å². The van der Waals surface area contributed by atoms with E-state index in [1.807, 2.05) is 60.8 Å². The van der Waals surface area contributed by atoms with E-state index in [0.29, 0.717) is 6.73 Å². The zero-order valence-electron chi connectivity index (χ0n) is 78.2. The monoisotopic (exact) mass is 1830 g/mol. The number of aromatic nitrogens is 7. The van der Waals surface area contributed by atoms with E-state index in [-0.39, 0.29) is 26.3 Å². The van der Waals surface area contributed by atoms with Gasteiger partial charge in [-0.25, -0.2) is 0 Å². The molecule has 0 saturated heterocycles. The zero-order chi connectivity index (χ0) is 92.4. The second kappa shape index (κ2) is 33.8. The van der Waals surface area contributed by atoms with Crippen LogP contribution in [0.1, 0.15) is 0 Å². The predicted octanol–water partition coefficient (Wildman–Crippen LogP) is 31.6. The molecule has 11 heterocycles. The van der Waals surface area contributed by atoms with Crippen molar-refractivity contribution in [2.24, 2.45) is 0 Å². The Morgan fingerprint density at radius 3 is 0.937 bits per heavy atom. The average Bonchev–Trinajstić information content (AvgIpc) is 1.54. The minimum absolute atomic E-state index is 0. The fraction of sp³-hybridized carbons (Fsp3) is 0.00763. The number of pyridine rings is 1. The molecule has 12 heteroatoms. The first kappa shape index (κ1) is 84.0. The molecule has 668 valence electrons. The molecule has 21 aromatic carbocycles. The largest absolute Gasteiger partial charge is 1.00 e. The van der Waals surface area contributed by atoms with Crippen LogP contribution in [0, 0.1) is 7.43 Å². The third kappa shape index (κ3) is 13.3. The number of para-hydroxylation sites is 12. The number of ether oxygens (including phenoxy) is 1. The molecule has 32 rings (SSSR count). The van der Waals surface area contributed by atoms with Crippen LogP contribution in [-0.4, -0.2) is 27.4 Å². The Morgan fingerprint density at radius 1 is 0.189 bits per heavy atom. The maximum atomic E-state index is 6.33. The molecular weight excluding hydrogens is 1740 g/mol. The van der Waals surface area contributed by atoms with Gasteiger partial charge >= 0.3 is 18.9 Å². The Morgan fingerprint density at radius 2 is 0.483 bits per heavy atom. The van der Waals surface area contributed by atoms with Crippen LogP contribution in [0.25, 0.3) is 264 Å². The molecule has 1 aliphatic rings. The number of hydrogen-bond acceptors (Lipinski definition) is 4. The van der Waals surface area contributed by atoms with Crippen LogP contribution in [0.2, 0.25) is 0 Å². The summed E-state index contributed by atoms with van der Waals surface area (Å²) in [5.41, 5.74) is 32.6. The van der Waals surface area contributed by atoms with Gasteiger partial charge in [-0.1, -0.05) is 273 Å². The van der Waals surface area contributed by atoms with Gasteiger partial charge in [0.15, 0.2) is 11.9 Å². The molecule has 11 nitrogen and oxygen atoms in total. The number of nitrogens with zero attached hydrogens (tertiary/aromatic N) is 7. The van der Waals surface area contributed by atoms with Gasteiger partial charge in [0.25, 0.3) is 12.2 Å². The van der Waals surface area contributed by atoms with Crippen molar-refractivity contribution in [1.29, 1.82) is 0 Å². The molecule has 0 radical (unpaired) electrons. The van der Waals surface area contributed by atoms with Crippen LogP contribution >= 0.6 is 0 Å². The molecule has 0 aliphatic carbocycles. The van der Waals surface area contributed by atoms with Gasteiger partial charge in [0.2, 0.25) is 0 Å². The molecule has 0 N–H and O–H groups in total. The van der Waals surface area contributed by atoms with Crippen LogP contribution in [0.4, 0.5) is 0 Å². The summed E-state index contributed by atoms with van der Waals surface area (Å²) in [7, 11) is 0. The van der Waals surface area contributed by atoms with Crippen LogP contribution in [0.5, 0.6) is 5.75 Å². The Hall–Kier alpha value is -18.4. The van der Waals surface area contributed by atoms with E-state index in [1.54, 1.807) is 0 Å². The second-order valence-electron chi connectivity index (χ2n) is 36.7. The molecule has 0 bridgehead atoms. The maximum Gasteiger partial charge on any atom is 1.00 e. The van der Waals surface area contributed by atoms with Gasteiger partial charge in [-0.3, -0.25) is 0 Å². The molecule has 143 heavy (non-hydrogen) atoms. The molecule has 0 saturated carbocycles.